The van der Waals surface area contributed by atoms with Crippen molar-refractivity contribution in [2.24, 2.45) is 5.41 Å². The molecular formula is C14H23NO4. The minimum Gasteiger partial charge on any atom is -0.481 e. The van der Waals surface area contributed by atoms with Crippen LogP contribution in [0.1, 0.15) is 51.9 Å². The minimum absolute atomic E-state index is 0.0464. The lowest BCUT2D eigenvalue weighted by Gasteiger charge is -2.27. The Hall–Kier alpha value is -1.10. The summed E-state index contributed by atoms with van der Waals surface area (Å²) in [6, 6.07) is -0.234. The van der Waals surface area contributed by atoms with Crippen LogP contribution in [-0.4, -0.2) is 35.7 Å². The van der Waals surface area contributed by atoms with Crippen molar-refractivity contribution < 1.29 is 19.4 Å². The maximum absolute atomic E-state index is 11.9. The number of amides is 1. The molecule has 1 heterocycles. The van der Waals surface area contributed by atoms with Gasteiger partial charge in [0.1, 0.15) is 0 Å². The summed E-state index contributed by atoms with van der Waals surface area (Å²) in [6.45, 7) is 2.53. The van der Waals surface area contributed by atoms with Crippen molar-refractivity contribution in [3.63, 3.8) is 0 Å². The molecule has 5 nitrogen and oxygen atoms in total. The zero-order valence-electron chi connectivity index (χ0n) is 11.5. The van der Waals surface area contributed by atoms with Gasteiger partial charge in [-0.25, -0.2) is 0 Å². The van der Waals surface area contributed by atoms with E-state index in [-0.39, 0.29) is 18.1 Å². The van der Waals surface area contributed by atoms with Gasteiger partial charge < -0.3 is 15.2 Å². The molecule has 2 fully saturated rings. The Morgan fingerprint density at radius 1 is 1.37 bits per heavy atom. The highest BCUT2D eigenvalue weighted by Gasteiger charge is 2.45. The largest absolute Gasteiger partial charge is 0.481 e. The number of aliphatic carboxylic acids is 1. The van der Waals surface area contributed by atoms with Crippen LogP contribution in [0.2, 0.25) is 0 Å². The molecular weight excluding hydrogens is 246 g/mol. The van der Waals surface area contributed by atoms with E-state index in [1.165, 1.54) is 0 Å². The summed E-state index contributed by atoms with van der Waals surface area (Å²) >= 11 is 0. The van der Waals surface area contributed by atoms with Gasteiger partial charge in [-0.1, -0.05) is 6.42 Å². The van der Waals surface area contributed by atoms with Crippen LogP contribution in [0.25, 0.3) is 0 Å². The average molecular weight is 269 g/mol. The number of ether oxygens (including phenoxy) is 1. The number of carboxylic acid groups (broad SMARTS) is 1. The molecule has 0 aromatic rings. The lowest BCUT2D eigenvalue weighted by Crippen LogP contribution is -2.47. The minimum atomic E-state index is -0.811. The summed E-state index contributed by atoms with van der Waals surface area (Å²) in [5.74, 6) is -0.857. The first kappa shape index (κ1) is 14.3. The number of hydrogen-bond donors (Lipinski definition) is 2. The molecule has 0 bridgehead atoms. The fourth-order valence-corrected chi connectivity index (χ4v) is 3.08. The van der Waals surface area contributed by atoms with E-state index in [2.05, 4.69) is 5.32 Å². The van der Waals surface area contributed by atoms with Gasteiger partial charge in [0.15, 0.2) is 0 Å². The van der Waals surface area contributed by atoms with Gasteiger partial charge >= 0.3 is 5.97 Å². The molecule has 3 unspecified atom stereocenters. The van der Waals surface area contributed by atoms with Gasteiger partial charge in [0.05, 0.1) is 11.5 Å². The summed E-state index contributed by atoms with van der Waals surface area (Å²) < 4.78 is 5.48. The third-order valence-corrected chi connectivity index (χ3v) is 4.50. The SMILES string of the molecule is CC1(C(=O)O)CCCC1NC(=O)CCC1CCCO1. The summed E-state index contributed by atoms with van der Waals surface area (Å²) in [5, 5.41) is 12.2. The summed E-state index contributed by atoms with van der Waals surface area (Å²) in [7, 11) is 0. The number of carbonyl (C=O) groups excluding carboxylic acids is 1. The standard InChI is InChI=1S/C14H23NO4/c1-14(13(17)18)8-2-5-11(14)15-12(16)7-6-10-4-3-9-19-10/h10-11H,2-9H2,1H3,(H,15,16)(H,17,18). The molecule has 1 aliphatic carbocycles. The highest BCUT2D eigenvalue weighted by atomic mass is 16.5. The zero-order valence-corrected chi connectivity index (χ0v) is 11.5. The molecule has 0 aromatic carbocycles. The number of nitrogens with one attached hydrogen (secondary N) is 1. The number of carbonyl (C=O) groups is 2. The predicted octanol–water partition coefficient (Wildman–Crippen LogP) is 1.71. The van der Waals surface area contributed by atoms with Crippen molar-refractivity contribution in [2.45, 2.75) is 64.0 Å². The molecule has 2 N–H and O–H groups in total. The number of hydrogen-bond acceptors (Lipinski definition) is 3. The summed E-state index contributed by atoms with van der Waals surface area (Å²) in [4.78, 5) is 23.2. The fourth-order valence-electron chi connectivity index (χ4n) is 3.08. The van der Waals surface area contributed by atoms with Gasteiger partial charge in [0.25, 0.3) is 0 Å². The van der Waals surface area contributed by atoms with E-state index >= 15 is 0 Å². The third kappa shape index (κ3) is 3.26. The molecule has 108 valence electrons. The molecule has 1 saturated carbocycles. The molecule has 5 heteroatoms. The zero-order chi connectivity index (χ0) is 13.9. The highest BCUT2D eigenvalue weighted by Crippen LogP contribution is 2.38. The van der Waals surface area contributed by atoms with Crippen molar-refractivity contribution in [1.29, 1.82) is 0 Å². The summed E-state index contributed by atoms with van der Waals surface area (Å²) in [6.07, 6.45) is 5.74. The Morgan fingerprint density at radius 3 is 2.79 bits per heavy atom. The first-order valence-corrected chi connectivity index (χ1v) is 7.17. The molecule has 2 rings (SSSR count). The maximum Gasteiger partial charge on any atom is 0.311 e. The normalized spacial score (nSPS) is 34.4. The van der Waals surface area contributed by atoms with Crippen LogP contribution in [0.15, 0.2) is 0 Å². The summed E-state index contributed by atoms with van der Waals surface area (Å²) in [5.41, 5.74) is -0.806. The molecule has 0 aromatic heterocycles. The van der Waals surface area contributed by atoms with Crippen LogP contribution in [0.4, 0.5) is 0 Å². The molecule has 1 aliphatic heterocycles. The van der Waals surface area contributed by atoms with Gasteiger partial charge in [-0.15, -0.1) is 0 Å². The second-order valence-corrected chi connectivity index (χ2v) is 5.91. The lowest BCUT2D eigenvalue weighted by atomic mass is 9.85. The maximum atomic E-state index is 11.9. The van der Waals surface area contributed by atoms with Crippen LogP contribution in [0.5, 0.6) is 0 Å². The molecule has 0 spiro atoms. The van der Waals surface area contributed by atoms with E-state index in [1.54, 1.807) is 6.92 Å². The molecule has 3 atom stereocenters. The molecule has 19 heavy (non-hydrogen) atoms. The van der Waals surface area contributed by atoms with E-state index in [4.69, 9.17) is 4.74 Å². The van der Waals surface area contributed by atoms with Gasteiger partial charge in [0.2, 0.25) is 5.91 Å². The Kier molecular flexibility index (Phi) is 4.45. The molecule has 1 amide bonds. The Morgan fingerprint density at radius 2 is 2.16 bits per heavy atom. The lowest BCUT2D eigenvalue weighted by molar-refractivity contribution is -0.149. The quantitative estimate of drug-likeness (QED) is 0.796. The molecule has 1 saturated heterocycles. The topological polar surface area (TPSA) is 75.6 Å². The van der Waals surface area contributed by atoms with E-state index in [0.717, 1.165) is 38.7 Å². The van der Waals surface area contributed by atoms with E-state index in [9.17, 15) is 14.7 Å². The van der Waals surface area contributed by atoms with Gasteiger partial charge in [-0.05, 0) is 39.0 Å². The Bertz CT molecular complexity index is 351. The fraction of sp³-hybridized carbons (Fsp3) is 0.857. The van der Waals surface area contributed by atoms with E-state index < -0.39 is 11.4 Å². The predicted molar refractivity (Wildman–Crippen MR) is 69.7 cm³/mol. The van der Waals surface area contributed by atoms with Crippen LogP contribution in [0, 0.1) is 5.41 Å². The van der Waals surface area contributed by atoms with Crippen LogP contribution in [0.3, 0.4) is 0 Å². The second kappa shape index (κ2) is 5.90. The monoisotopic (exact) mass is 269 g/mol. The van der Waals surface area contributed by atoms with Gasteiger partial charge in [-0.2, -0.15) is 0 Å². The van der Waals surface area contributed by atoms with Crippen molar-refractivity contribution >= 4 is 11.9 Å². The second-order valence-electron chi connectivity index (χ2n) is 5.91. The van der Waals surface area contributed by atoms with E-state index in [1.807, 2.05) is 0 Å². The third-order valence-electron chi connectivity index (χ3n) is 4.50. The smallest absolute Gasteiger partial charge is 0.311 e. The Balaban J connectivity index is 1.79. The van der Waals surface area contributed by atoms with Gasteiger partial charge in [-0.3, -0.25) is 9.59 Å². The Labute approximate surface area is 113 Å². The van der Waals surface area contributed by atoms with Crippen LogP contribution >= 0.6 is 0 Å². The van der Waals surface area contributed by atoms with Crippen molar-refractivity contribution in [3.05, 3.63) is 0 Å². The average Bonchev–Trinajstić information content (AvgIpc) is 2.98. The van der Waals surface area contributed by atoms with Crippen LogP contribution in [-0.2, 0) is 14.3 Å². The van der Waals surface area contributed by atoms with E-state index in [0.29, 0.717) is 12.8 Å². The van der Waals surface area contributed by atoms with Crippen LogP contribution < -0.4 is 5.32 Å². The molecule has 2 aliphatic rings. The first-order valence-electron chi connectivity index (χ1n) is 7.17. The van der Waals surface area contributed by atoms with Crippen molar-refractivity contribution in [1.82, 2.24) is 5.32 Å². The van der Waals surface area contributed by atoms with Crippen molar-refractivity contribution in [2.75, 3.05) is 6.61 Å². The highest BCUT2D eigenvalue weighted by molar-refractivity contribution is 5.80. The number of rotatable bonds is 5. The molecule has 0 radical (unpaired) electrons. The first-order chi connectivity index (χ1) is 9.02. The van der Waals surface area contributed by atoms with Gasteiger partial charge in [0, 0.05) is 19.1 Å². The van der Waals surface area contributed by atoms with Crippen molar-refractivity contribution in [3.8, 4) is 0 Å². The number of carboxylic acids is 1.